The van der Waals surface area contributed by atoms with Crippen molar-refractivity contribution in [2.24, 2.45) is 0 Å². The molecule has 1 aromatic heterocycles. The van der Waals surface area contributed by atoms with Gasteiger partial charge in [0.25, 0.3) is 0 Å². The second-order valence-electron chi connectivity index (χ2n) is 2.28. The van der Waals surface area contributed by atoms with Crippen LogP contribution in [0, 0.1) is 0 Å². The van der Waals surface area contributed by atoms with Crippen LogP contribution in [-0.4, -0.2) is 17.7 Å². The van der Waals surface area contributed by atoms with Gasteiger partial charge in [-0.2, -0.15) is 0 Å². The Labute approximate surface area is 74.6 Å². The highest BCUT2D eigenvalue weighted by Crippen LogP contribution is 2.09. The first-order valence-electron chi connectivity index (χ1n) is 3.61. The third-order valence-corrected chi connectivity index (χ3v) is 2.13. The van der Waals surface area contributed by atoms with Gasteiger partial charge in [-0.15, -0.1) is 11.3 Å². The number of rotatable bonds is 5. The normalized spacial score (nSPS) is 10.0. The SMILES string of the molecule is O=C(O)CCOCc1cccs1. The fourth-order valence-electron chi connectivity index (χ4n) is 0.727. The van der Waals surface area contributed by atoms with Crippen molar-refractivity contribution in [1.29, 1.82) is 0 Å². The van der Waals surface area contributed by atoms with Gasteiger partial charge in [0.1, 0.15) is 0 Å². The van der Waals surface area contributed by atoms with Crippen LogP contribution in [0.1, 0.15) is 11.3 Å². The molecule has 0 unspecified atom stereocenters. The lowest BCUT2D eigenvalue weighted by molar-refractivity contribution is -0.138. The molecule has 0 aliphatic heterocycles. The molecule has 0 spiro atoms. The minimum absolute atomic E-state index is 0.0748. The van der Waals surface area contributed by atoms with Gasteiger partial charge >= 0.3 is 5.97 Å². The molecule has 1 heterocycles. The molecule has 3 nitrogen and oxygen atoms in total. The first-order valence-corrected chi connectivity index (χ1v) is 4.49. The number of carboxylic acids is 1. The number of carboxylic acid groups (broad SMARTS) is 1. The zero-order chi connectivity index (χ0) is 8.81. The highest BCUT2D eigenvalue weighted by molar-refractivity contribution is 7.09. The summed E-state index contributed by atoms with van der Waals surface area (Å²) in [5.74, 6) is -0.818. The molecule has 0 bridgehead atoms. The summed E-state index contributed by atoms with van der Waals surface area (Å²) in [4.78, 5) is 11.2. The molecule has 0 fully saturated rings. The Morgan fingerprint density at radius 3 is 3.08 bits per heavy atom. The van der Waals surface area contributed by atoms with E-state index >= 15 is 0 Å². The van der Waals surface area contributed by atoms with Crippen molar-refractivity contribution in [3.63, 3.8) is 0 Å². The van der Waals surface area contributed by atoms with Crippen LogP contribution in [0.25, 0.3) is 0 Å². The van der Waals surface area contributed by atoms with E-state index in [0.29, 0.717) is 6.61 Å². The van der Waals surface area contributed by atoms with Crippen LogP contribution < -0.4 is 0 Å². The van der Waals surface area contributed by atoms with Gasteiger partial charge in [0.2, 0.25) is 0 Å². The lowest BCUT2D eigenvalue weighted by atomic mass is 10.4. The average Bonchev–Trinajstić information content (AvgIpc) is 2.49. The van der Waals surface area contributed by atoms with Gasteiger partial charge in [-0.05, 0) is 11.4 Å². The number of ether oxygens (including phenoxy) is 1. The Kier molecular flexibility index (Phi) is 3.76. The molecule has 1 rings (SSSR count). The summed E-state index contributed by atoms with van der Waals surface area (Å²) in [6, 6.07) is 3.91. The number of hydrogen-bond acceptors (Lipinski definition) is 3. The van der Waals surface area contributed by atoms with Gasteiger partial charge in [0.15, 0.2) is 0 Å². The molecule has 0 atom stereocenters. The molecule has 0 amide bonds. The van der Waals surface area contributed by atoms with Gasteiger partial charge < -0.3 is 9.84 Å². The summed E-state index contributed by atoms with van der Waals surface area (Å²) >= 11 is 1.61. The first-order chi connectivity index (χ1) is 5.79. The minimum Gasteiger partial charge on any atom is -0.481 e. The van der Waals surface area contributed by atoms with Crippen molar-refractivity contribution < 1.29 is 14.6 Å². The Morgan fingerprint density at radius 2 is 2.50 bits per heavy atom. The average molecular weight is 186 g/mol. The summed E-state index contributed by atoms with van der Waals surface area (Å²) in [5, 5.41) is 10.3. The van der Waals surface area contributed by atoms with Gasteiger partial charge in [-0.1, -0.05) is 6.07 Å². The van der Waals surface area contributed by atoms with Crippen LogP contribution in [-0.2, 0) is 16.1 Å². The molecule has 0 saturated carbocycles. The Bertz CT molecular complexity index is 230. The van der Waals surface area contributed by atoms with Gasteiger partial charge in [-0.25, -0.2) is 0 Å². The van der Waals surface area contributed by atoms with E-state index in [9.17, 15) is 4.79 Å². The predicted octanol–water partition coefficient (Wildman–Crippen LogP) is 1.74. The number of thiophene rings is 1. The van der Waals surface area contributed by atoms with E-state index in [4.69, 9.17) is 9.84 Å². The van der Waals surface area contributed by atoms with Crippen molar-refractivity contribution in [3.8, 4) is 0 Å². The third-order valence-electron chi connectivity index (χ3n) is 1.28. The summed E-state index contributed by atoms with van der Waals surface area (Å²) < 4.78 is 5.12. The topological polar surface area (TPSA) is 46.5 Å². The molecule has 0 radical (unpaired) electrons. The highest BCUT2D eigenvalue weighted by atomic mass is 32.1. The standard InChI is InChI=1S/C8H10O3S/c9-8(10)3-4-11-6-7-2-1-5-12-7/h1-2,5H,3-4,6H2,(H,9,10). The van der Waals surface area contributed by atoms with E-state index in [-0.39, 0.29) is 13.0 Å². The molecule has 1 N–H and O–H groups in total. The van der Waals surface area contributed by atoms with Crippen LogP contribution in [0.3, 0.4) is 0 Å². The summed E-state index contributed by atoms with van der Waals surface area (Å²) in [5.41, 5.74) is 0. The van der Waals surface area contributed by atoms with Gasteiger partial charge in [0.05, 0.1) is 19.6 Å². The molecule has 0 saturated heterocycles. The number of aliphatic carboxylic acids is 1. The van der Waals surface area contributed by atoms with Crippen LogP contribution in [0.15, 0.2) is 17.5 Å². The molecule has 4 heteroatoms. The molecular formula is C8H10O3S. The smallest absolute Gasteiger partial charge is 0.305 e. The fraction of sp³-hybridized carbons (Fsp3) is 0.375. The largest absolute Gasteiger partial charge is 0.481 e. The van der Waals surface area contributed by atoms with Crippen molar-refractivity contribution in [1.82, 2.24) is 0 Å². The van der Waals surface area contributed by atoms with Crippen molar-refractivity contribution in [2.45, 2.75) is 13.0 Å². The molecule has 0 aliphatic rings. The predicted molar refractivity (Wildman–Crippen MR) is 46.2 cm³/mol. The molecule has 66 valence electrons. The number of carbonyl (C=O) groups is 1. The third kappa shape index (κ3) is 3.50. The van der Waals surface area contributed by atoms with Gasteiger partial charge in [-0.3, -0.25) is 4.79 Å². The van der Waals surface area contributed by atoms with Crippen LogP contribution >= 0.6 is 11.3 Å². The monoisotopic (exact) mass is 186 g/mol. The van der Waals surface area contributed by atoms with Crippen LogP contribution in [0.4, 0.5) is 0 Å². The second kappa shape index (κ2) is 4.90. The van der Waals surface area contributed by atoms with Crippen molar-refractivity contribution in [3.05, 3.63) is 22.4 Å². The Morgan fingerprint density at radius 1 is 1.67 bits per heavy atom. The van der Waals surface area contributed by atoms with E-state index in [1.807, 2.05) is 17.5 Å². The van der Waals surface area contributed by atoms with E-state index in [1.165, 1.54) is 0 Å². The molecule has 0 aliphatic carbocycles. The van der Waals surface area contributed by atoms with Crippen molar-refractivity contribution >= 4 is 17.3 Å². The molecule has 1 aromatic rings. The van der Waals surface area contributed by atoms with Crippen LogP contribution in [0.2, 0.25) is 0 Å². The Balaban J connectivity index is 2.07. The zero-order valence-corrected chi connectivity index (χ0v) is 7.34. The van der Waals surface area contributed by atoms with Crippen LogP contribution in [0.5, 0.6) is 0 Å². The maximum atomic E-state index is 10.1. The molecular weight excluding hydrogens is 176 g/mol. The Hall–Kier alpha value is -0.870. The number of hydrogen-bond donors (Lipinski definition) is 1. The van der Waals surface area contributed by atoms with E-state index in [2.05, 4.69) is 0 Å². The minimum atomic E-state index is -0.818. The highest BCUT2D eigenvalue weighted by Gasteiger charge is 1.97. The first kappa shape index (κ1) is 9.22. The summed E-state index contributed by atoms with van der Waals surface area (Å²) in [7, 11) is 0. The zero-order valence-electron chi connectivity index (χ0n) is 6.53. The quantitative estimate of drug-likeness (QED) is 0.712. The molecule has 0 aromatic carbocycles. The lowest BCUT2D eigenvalue weighted by Gasteiger charge is -1.98. The fourth-order valence-corrected chi connectivity index (χ4v) is 1.37. The maximum absolute atomic E-state index is 10.1. The van der Waals surface area contributed by atoms with E-state index < -0.39 is 5.97 Å². The molecule has 12 heavy (non-hydrogen) atoms. The lowest BCUT2D eigenvalue weighted by Crippen LogP contribution is -2.01. The second-order valence-corrected chi connectivity index (χ2v) is 3.31. The van der Waals surface area contributed by atoms with E-state index in [0.717, 1.165) is 4.88 Å². The summed E-state index contributed by atoms with van der Waals surface area (Å²) in [6.45, 7) is 0.804. The maximum Gasteiger partial charge on any atom is 0.305 e. The van der Waals surface area contributed by atoms with Gasteiger partial charge in [0, 0.05) is 4.88 Å². The van der Waals surface area contributed by atoms with E-state index in [1.54, 1.807) is 11.3 Å². The van der Waals surface area contributed by atoms with Crippen molar-refractivity contribution in [2.75, 3.05) is 6.61 Å². The summed E-state index contributed by atoms with van der Waals surface area (Å²) in [6.07, 6.45) is 0.0748.